The number of nitrogens with one attached hydrogen (secondary N) is 2. The van der Waals surface area contributed by atoms with Gasteiger partial charge < -0.3 is 20.3 Å². The number of hydrogen-bond donors (Lipinski definition) is 2. The summed E-state index contributed by atoms with van der Waals surface area (Å²) in [4.78, 5) is 25.9. The molecule has 1 aromatic carbocycles. The molecule has 2 rings (SSSR count). The fraction of sp³-hybridized carbons (Fsp3) is 0.556. The average Bonchev–Trinajstić information content (AvgIpc) is 2.59. The molecule has 1 aromatic rings. The van der Waals surface area contributed by atoms with E-state index in [2.05, 4.69) is 15.5 Å². The predicted molar refractivity (Wildman–Crippen MR) is 101 cm³/mol. The van der Waals surface area contributed by atoms with Crippen molar-refractivity contribution in [2.24, 2.45) is 0 Å². The summed E-state index contributed by atoms with van der Waals surface area (Å²) in [5, 5.41) is 6.23. The van der Waals surface area contributed by atoms with Crippen LogP contribution < -0.4 is 15.4 Å². The first-order chi connectivity index (χ1) is 11.6. The van der Waals surface area contributed by atoms with E-state index in [1.165, 1.54) is 6.92 Å². The Bertz CT molecular complexity index is 562. The molecule has 0 aliphatic carbocycles. The zero-order valence-corrected chi connectivity index (χ0v) is 15.7. The van der Waals surface area contributed by atoms with Gasteiger partial charge in [0.05, 0.1) is 0 Å². The summed E-state index contributed by atoms with van der Waals surface area (Å²) in [5.41, 5.74) is 0.580. The standard InChI is InChI=1S/C18H27N3O3.ClH/c1-14(22)16-5-3-6-17(13-16)24-15(2)18(23)20-7-4-10-21-11-8-19-9-12-21;/h3,5-6,13,15,19H,4,7-12H2,1-2H3,(H,20,23);1H. The van der Waals surface area contributed by atoms with Gasteiger partial charge in [0, 0.05) is 38.3 Å². The van der Waals surface area contributed by atoms with Crippen LogP contribution in [0.5, 0.6) is 5.75 Å². The van der Waals surface area contributed by atoms with Gasteiger partial charge in [0.15, 0.2) is 11.9 Å². The number of halogens is 1. The zero-order valence-electron chi connectivity index (χ0n) is 14.9. The normalized spacial score (nSPS) is 15.8. The van der Waals surface area contributed by atoms with Gasteiger partial charge in [-0.3, -0.25) is 9.59 Å². The van der Waals surface area contributed by atoms with Gasteiger partial charge in [0.1, 0.15) is 5.75 Å². The van der Waals surface area contributed by atoms with Crippen molar-refractivity contribution >= 4 is 24.1 Å². The molecule has 1 aliphatic rings. The molecule has 0 bridgehead atoms. The number of carbonyl (C=O) groups excluding carboxylic acids is 2. The fourth-order valence-corrected chi connectivity index (χ4v) is 2.64. The minimum absolute atomic E-state index is 0. The maximum Gasteiger partial charge on any atom is 0.260 e. The number of benzene rings is 1. The van der Waals surface area contributed by atoms with Crippen LogP contribution in [0.25, 0.3) is 0 Å². The molecule has 6 nitrogen and oxygen atoms in total. The predicted octanol–water partition coefficient (Wildman–Crippen LogP) is 1.49. The van der Waals surface area contributed by atoms with E-state index in [0.717, 1.165) is 39.1 Å². The van der Waals surface area contributed by atoms with Crippen molar-refractivity contribution in [1.82, 2.24) is 15.5 Å². The Kier molecular flexibility index (Phi) is 9.49. The van der Waals surface area contributed by atoms with Gasteiger partial charge in [-0.1, -0.05) is 12.1 Å². The summed E-state index contributed by atoms with van der Waals surface area (Å²) < 4.78 is 5.63. The van der Waals surface area contributed by atoms with Gasteiger partial charge in [0.2, 0.25) is 0 Å². The summed E-state index contributed by atoms with van der Waals surface area (Å²) in [6.07, 6.45) is 0.338. The van der Waals surface area contributed by atoms with E-state index in [9.17, 15) is 9.59 Å². The van der Waals surface area contributed by atoms with Crippen LogP contribution in [0.4, 0.5) is 0 Å². The summed E-state index contributed by atoms with van der Waals surface area (Å²) in [5.74, 6) is 0.375. The number of ketones is 1. The van der Waals surface area contributed by atoms with Crippen LogP contribution in [0, 0.1) is 0 Å². The van der Waals surface area contributed by atoms with Crippen molar-refractivity contribution in [3.05, 3.63) is 29.8 Å². The van der Waals surface area contributed by atoms with E-state index in [0.29, 0.717) is 17.9 Å². The highest BCUT2D eigenvalue weighted by atomic mass is 35.5. The zero-order chi connectivity index (χ0) is 17.4. The maximum absolute atomic E-state index is 12.1. The number of hydrogen-bond acceptors (Lipinski definition) is 5. The first-order valence-electron chi connectivity index (χ1n) is 8.54. The lowest BCUT2D eigenvalue weighted by Gasteiger charge is -2.27. The Labute approximate surface area is 155 Å². The van der Waals surface area contributed by atoms with Crippen molar-refractivity contribution < 1.29 is 14.3 Å². The summed E-state index contributed by atoms with van der Waals surface area (Å²) >= 11 is 0. The van der Waals surface area contributed by atoms with Gasteiger partial charge >= 0.3 is 0 Å². The summed E-state index contributed by atoms with van der Waals surface area (Å²) in [7, 11) is 0. The molecule has 140 valence electrons. The van der Waals surface area contributed by atoms with Crippen LogP contribution in [0.15, 0.2) is 24.3 Å². The van der Waals surface area contributed by atoms with Crippen LogP contribution >= 0.6 is 12.4 Å². The lowest BCUT2D eigenvalue weighted by atomic mass is 10.1. The van der Waals surface area contributed by atoms with Gasteiger partial charge in [0.25, 0.3) is 5.91 Å². The van der Waals surface area contributed by atoms with Gasteiger partial charge in [-0.2, -0.15) is 0 Å². The second-order valence-corrected chi connectivity index (χ2v) is 6.08. The molecule has 0 aromatic heterocycles. The van der Waals surface area contributed by atoms with E-state index in [1.54, 1.807) is 31.2 Å². The third kappa shape index (κ3) is 7.42. The third-order valence-corrected chi connectivity index (χ3v) is 4.08. The van der Waals surface area contributed by atoms with E-state index in [4.69, 9.17) is 4.74 Å². The number of nitrogens with zero attached hydrogens (tertiary/aromatic N) is 1. The molecule has 1 aliphatic heterocycles. The molecule has 0 spiro atoms. The number of rotatable bonds is 8. The molecule has 1 amide bonds. The SMILES string of the molecule is CC(=O)c1cccc(OC(C)C(=O)NCCCN2CCNCC2)c1.Cl. The Morgan fingerprint density at radius 3 is 2.72 bits per heavy atom. The summed E-state index contributed by atoms with van der Waals surface area (Å²) in [6.45, 7) is 9.08. The topological polar surface area (TPSA) is 70.7 Å². The van der Waals surface area contributed by atoms with Crippen molar-refractivity contribution in [2.45, 2.75) is 26.4 Å². The molecule has 1 heterocycles. The van der Waals surface area contributed by atoms with Crippen LogP contribution in [-0.2, 0) is 4.79 Å². The van der Waals surface area contributed by atoms with Gasteiger partial charge in [-0.25, -0.2) is 0 Å². The largest absolute Gasteiger partial charge is 0.481 e. The van der Waals surface area contributed by atoms with Crippen LogP contribution in [0.2, 0.25) is 0 Å². The quantitative estimate of drug-likeness (QED) is 0.536. The number of ether oxygens (including phenoxy) is 1. The molecule has 2 N–H and O–H groups in total. The molecule has 7 heteroatoms. The number of Topliss-reactive ketones (excluding diaryl/α,β-unsaturated/α-hetero) is 1. The van der Waals surface area contributed by atoms with Crippen LogP contribution in [-0.4, -0.2) is 62.0 Å². The second kappa shape index (κ2) is 11.1. The number of piperazine rings is 1. The summed E-state index contributed by atoms with van der Waals surface area (Å²) in [6, 6.07) is 6.90. The van der Waals surface area contributed by atoms with Crippen molar-refractivity contribution in [2.75, 3.05) is 39.3 Å². The Hall–Kier alpha value is -1.63. The monoisotopic (exact) mass is 369 g/mol. The van der Waals surface area contributed by atoms with E-state index in [1.807, 2.05) is 0 Å². The van der Waals surface area contributed by atoms with Crippen molar-refractivity contribution in [1.29, 1.82) is 0 Å². The highest BCUT2D eigenvalue weighted by Gasteiger charge is 2.15. The van der Waals surface area contributed by atoms with Gasteiger partial charge in [-0.15, -0.1) is 12.4 Å². The highest BCUT2D eigenvalue weighted by Crippen LogP contribution is 2.15. The molecule has 0 saturated carbocycles. The van der Waals surface area contributed by atoms with Crippen molar-refractivity contribution in [3.63, 3.8) is 0 Å². The Balaban J connectivity index is 0.00000312. The number of amides is 1. The molecule has 1 saturated heterocycles. The molecule has 1 atom stereocenters. The minimum Gasteiger partial charge on any atom is -0.481 e. The van der Waals surface area contributed by atoms with E-state index in [-0.39, 0.29) is 24.1 Å². The van der Waals surface area contributed by atoms with Crippen LogP contribution in [0.1, 0.15) is 30.6 Å². The number of carbonyl (C=O) groups is 2. The molecular weight excluding hydrogens is 342 g/mol. The first kappa shape index (κ1) is 21.4. The fourth-order valence-electron chi connectivity index (χ4n) is 2.64. The van der Waals surface area contributed by atoms with E-state index >= 15 is 0 Å². The Morgan fingerprint density at radius 2 is 2.04 bits per heavy atom. The van der Waals surface area contributed by atoms with Gasteiger partial charge in [-0.05, 0) is 38.9 Å². The second-order valence-electron chi connectivity index (χ2n) is 6.08. The Morgan fingerprint density at radius 1 is 1.32 bits per heavy atom. The molecule has 1 fully saturated rings. The smallest absolute Gasteiger partial charge is 0.260 e. The molecular formula is C18H28ClN3O3. The lowest BCUT2D eigenvalue weighted by molar-refractivity contribution is -0.127. The van der Waals surface area contributed by atoms with Crippen molar-refractivity contribution in [3.8, 4) is 5.75 Å². The third-order valence-electron chi connectivity index (χ3n) is 4.08. The molecule has 25 heavy (non-hydrogen) atoms. The molecule has 1 unspecified atom stereocenters. The van der Waals surface area contributed by atoms with E-state index < -0.39 is 6.10 Å². The molecule has 0 radical (unpaired) electrons. The highest BCUT2D eigenvalue weighted by molar-refractivity contribution is 5.94. The first-order valence-corrected chi connectivity index (χ1v) is 8.54. The average molecular weight is 370 g/mol. The minimum atomic E-state index is -0.591. The maximum atomic E-state index is 12.1. The lowest BCUT2D eigenvalue weighted by Crippen LogP contribution is -2.44. The van der Waals surface area contributed by atoms with Crippen LogP contribution in [0.3, 0.4) is 0 Å².